The summed E-state index contributed by atoms with van der Waals surface area (Å²) >= 11 is 2.96. The molecular formula is C9H8BrFO3. The van der Waals surface area contributed by atoms with Gasteiger partial charge in [0.25, 0.3) is 0 Å². The van der Waals surface area contributed by atoms with Crippen LogP contribution in [0.2, 0.25) is 0 Å². The predicted octanol–water partition coefficient (Wildman–Crippen LogP) is 2.12. The maximum Gasteiger partial charge on any atom is 0.177 e. The van der Waals surface area contributed by atoms with E-state index in [1.165, 1.54) is 13.2 Å². The van der Waals surface area contributed by atoms with E-state index < -0.39 is 5.82 Å². The molecule has 0 fully saturated rings. The third kappa shape index (κ3) is 2.04. The minimum absolute atomic E-state index is 0.0418. The number of ether oxygens (including phenoxy) is 1. The largest absolute Gasteiger partial charge is 0.507 e. The quantitative estimate of drug-likeness (QED) is 0.671. The average Bonchev–Trinajstić information content (AvgIpc) is 2.17. The molecule has 0 radical (unpaired) electrons. The molecule has 0 unspecified atom stereocenters. The second-order valence-corrected chi connectivity index (χ2v) is 3.12. The van der Waals surface area contributed by atoms with Crippen LogP contribution in [0.15, 0.2) is 12.1 Å². The lowest BCUT2D eigenvalue weighted by molar-refractivity contribution is 0.102. The molecule has 1 aromatic rings. The van der Waals surface area contributed by atoms with Crippen molar-refractivity contribution in [1.82, 2.24) is 0 Å². The number of phenolic OH excluding ortho intramolecular Hbond substituents is 1. The van der Waals surface area contributed by atoms with Crippen molar-refractivity contribution in [3.8, 4) is 11.5 Å². The summed E-state index contributed by atoms with van der Waals surface area (Å²) in [6, 6.07) is 2.03. The minimum atomic E-state index is -0.698. The number of carbonyl (C=O) groups is 1. The van der Waals surface area contributed by atoms with Gasteiger partial charge in [0.1, 0.15) is 5.75 Å². The second kappa shape index (κ2) is 4.41. The number of carbonyl (C=O) groups excluding carboxylic acids is 1. The number of rotatable bonds is 3. The van der Waals surface area contributed by atoms with E-state index in [0.717, 1.165) is 6.07 Å². The Morgan fingerprint density at radius 3 is 2.79 bits per heavy atom. The number of ketones is 1. The smallest absolute Gasteiger partial charge is 0.177 e. The van der Waals surface area contributed by atoms with Crippen LogP contribution in [-0.4, -0.2) is 23.3 Å². The Morgan fingerprint density at radius 1 is 1.64 bits per heavy atom. The molecule has 0 spiro atoms. The maximum absolute atomic E-state index is 13.0. The summed E-state index contributed by atoms with van der Waals surface area (Å²) in [5.74, 6) is -1.48. The molecule has 0 amide bonds. The zero-order valence-corrected chi connectivity index (χ0v) is 8.97. The van der Waals surface area contributed by atoms with E-state index in [1.807, 2.05) is 0 Å². The Balaban J connectivity index is 3.24. The first-order chi connectivity index (χ1) is 6.60. The number of hydrogen-bond donors (Lipinski definition) is 1. The number of halogens is 2. The average molecular weight is 263 g/mol. The number of methoxy groups -OCH3 is 1. The highest BCUT2D eigenvalue weighted by Crippen LogP contribution is 2.27. The molecule has 1 rings (SSSR count). The van der Waals surface area contributed by atoms with Crippen LogP contribution >= 0.6 is 15.9 Å². The minimum Gasteiger partial charge on any atom is -0.507 e. The fourth-order valence-corrected chi connectivity index (χ4v) is 1.30. The Labute approximate surface area is 88.6 Å². The molecule has 1 aromatic carbocycles. The van der Waals surface area contributed by atoms with Crippen molar-refractivity contribution >= 4 is 21.7 Å². The van der Waals surface area contributed by atoms with E-state index in [4.69, 9.17) is 0 Å². The van der Waals surface area contributed by atoms with Crippen molar-refractivity contribution in [1.29, 1.82) is 0 Å². The van der Waals surface area contributed by atoms with Crippen molar-refractivity contribution in [2.75, 3.05) is 12.4 Å². The van der Waals surface area contributed by atoms with Gasteiger partial charge < -0.3 is 9.84 Å². The number of hydrogen-bond acceptors (Lipinski definition) is 3. The van der Waals surface area contributed by atoms with Crippen molar-refractivity contribution in [2.45, 2.75) is 0 Å². The topological polar surface area (TPSA) is 46.5 Å². The van der Waals surface area contributed by atoms with Gasteiger partial charge in [-0.05, 0) is 6.07 Å². The summed E-state index contributed by atoms with van der Waals surface area (Å²) in [6.45, 7) is 0. The van der Waals surface area contributed by atoms with E-state index in [9.17, 15) is 14.3 Å². The standard InChI is InChI=1S/C9H8BrFO3/c1-14-9-2-5(8(13)4-10)7(12)3-6(9)11/h2-3,12H,4H2,1H3. The van der Waals surface area contributed by atoms with Crippen LogP contribution in [0.25, 0.3) is 0 Å². The van der Waals surface area contributed by atoms with Gasteiger partial charge in [-0.25, -0.2) is 4.39 Å². The highest BCUT2D eigenvalue weighted by molar-refractivity contribution is 9.09. The molecule has 1 N–H and O–H groups in total. The summed E-state index contributed by atoms with van der Waals surface area (Å²) in [5, 5.41) is 9.34. The third-order valence-corrected chi connectivity index (χ3v) is 2.20. The van der Waals surface area contributed by atoms with E-state index in [-0.39, 0.29) is 28.2 Å². The third-order valence-electron chi connectivity index (χ3n) is 1.69. The van der Waals surface area contributed by atoms with Crippen LogP contribution in [0, 0.1) is 5.82 Å². The summed E-state index contributed by atoms with van der Waals surface area (Å²) in [7, 11) is 1.29. The first-order valence-electron chi connectivity index (χ1n) is 3.75. The van der Waals surface area contributed by atoms with Crippen molar-refractivity contribution in [3.63, 3.8) is 0 Å². The molecule has 0 saturated carbocycles. The lowest BCUT2D eigenvalue weighted by Gasteiger charge is -2.06. The predicted molar refractivity (Wildman–Crippen MR) is 52.7 cm³/mol. The van der Waals surface area contributed by atoms with Crippen LogP contribution in [0.5, 0.6) is 11.5 Å². The SMILES string of the molecule is COc1cc(C(=O)CBr)c(O)cc1F. The summed E-state index contributed by atoms with van der Waals surface area (Å²) < 4.78 is 17.7. The van der Waals surface area contributed by atoms with E-state index >= 15 is 0 Å². The molecule has 0 aliphatic rings. The van der Waals surface area contributed by atoms with Gasteiger partial charge in [-0.2, -0.15) is 0 Å². The fourth-order valence-electron chi connectivity index (χ4n) is 0.995. The van der Waals surface area contributed by atoms with Gasteiger partial charge in [-0.3, -0.25) is 4.79 Å². The van der Waals surface area contributed by atoms with Gasteiger partial charge in [0.05, 0.1) is 18.0 Å². The molecule has 0 saturated heterocycles. The van der Waals surface area contributed by atoms with Crippen molar-refractivity contribution < 1.29 is 19.0 Å². The van der Waals surface area contributed by atoms with E-state index in [2.05, 4.69) is 20.7 Å². The Bertz CT molecular complexity index is 365. The summed E-state index contributed by atoms with van der Waals surface area (Å²) in [4.78, 5) is 11.2. The monoisotopic (exact) mass is 262 g/mol. The molecule has 0 aromatic heterocycles. The number of alkyl halides is 1. The molecule has 3 nitrogen and oxygen atoms in total. The molecule has 0 aliphatic heterocycles. The zero-order chi connectivity index (χ0) is 10.7. The van der Waals surface area contributed by atoms with Gasteiger partial charge in [-0.1, -0.05) is 15.9 Å². The number of aromatic hydroxyl groups is 1. The Kier molecular flexibility index (Phi) is 3.46. The number of Topliss-reactive ketones (excluding diaryl/α,β-unsaturated/α-hetero) is 1. The van der Waals surface area contributed by atoms with Crippen LogP contribution in [-0.2, 0) is 0 Å². The zero-order valence-electron chi connectivity index (χ0n) is 7.38. The van der Waals surface area contributed by atoms with Gasteiger partial charge in [0.2, 0.25) is 0 Å². The molecule has 0 atom stereocenters. The lowest BCUT2D eigenvalue weighted by Crippen LogP contribution is -2.02. The normalized spacial score (nSPS) is 9.93. The lowest BCUT2D eigenvalue weighted by atomic mass is 10.1. The first-order valence-corrected chi connectivity index (χ1v) is 4.88. The molecule has 0 aliphatic carbocycles. The molecule has 76 valence electrons. The molecule has 5 heteroatoms. The van der Waals surface area contributed by atoms with Crippen molar-refractivity contribution in [2.24, 2.45) is 0 Å². The van der Waals surface area contributed by atoms with Crippen LogP contribution in [0.1, 0.15) is 10.4 Å². The van der Waals surface area contributed by atoms with Crippen LogP contribution in [0.3, 0.4) is 0 Å². The fraction of sp³-hybridized carbons (Fsp3) is 0.222. The van der Waals surface area contributed by atoms with Gasteiger partial charge in [0, 0.05) is 6.07 Å². The van der Waals surface area contributed by atoms with E-state index in [0.29, 0.717) is 0 Å². The Hall–Kier alpha value is -1.10. The van der Waals surface area contributed by atoms with Gasteiger partial charge in [-0.15, -0.1) is 0 Å². The number of phenols is 1. The van der Waals surface area contributed by atoms with Crippen LogP contribution < -0.4 is 4.74 Å². The molecule has 0 bridgehead atoms. The number of benzene rings is 1. The molecule has 14 heavy (non-hydrogen) atoms. The van der Waals surface area contributed by atoms with E-state index in [1.54, 1.807) is 0 Å². The van der Waals surface area contributed by atoms with Gasteiger partial charge in [0.15, 0.2) is 17.3 Å². The second-order valence-electron chi connectivity index (χ2n) is 2.56. The van der Waals surface area contributed by atoms with Crippen LogP contribution in [0.4, 0.5) is 4.39 Å². The summed E-state index contributed by atoms with van der Waals surface area (Å²) in [5.41, 5.74) is 0.0418. The highest BCUT2D eigenvalue weighted by Gasteiger charge is 2.14. The molecule has 0 heterocycles. The van der Waals surface area contributed by atoms with Crippen molar-refractivity contribution in [3.05, 3.63) is 23.5 Å². The Morgan fingerprint density at radius 2 is 2.29 bits per heavy atom. The first kappa shape index (κ1) is 11.0. The molecular weight excluding hydrogens is 255 g/mol. The highest BCUT2D eigenvalue weighted by atomic mass is 79.9. The van der Waals surface area contributed by atoms with Gasteiger partial charge >= 0.3 is 0 Å². The maximum atomic E-state index is 13.0. The summed E-state index contributed by atoms with van der Waals surface area (Å²) in [6.07, 6.45) is 0.